The maximum absolute atomic E-state index is 12.8. The summed E-state index contributed by atoms with van der Waals surface area (Å²) >= 11 is 0. The first kappa shape index (κ1) is 28.7. The van der Waals surface area contributed by atoms with Crippen molar-refractivity contribution < 1.29 is 39.0 Å². The van der Waals surface area contributed by atoms with E-state index in [2.05, 4.69) is 10.6 Å². The van der Waals surface area contributed by atoms with E-state index >= 15 is 0 Å². The van der Waals surface area contributed by atoms with Crippen LogP contribution >= 0.6 is 0 Å². The lowest BCUT2D eigenvalue weighted by Crippen LogP contribution is -2.59. The van der Waals surface area contributed by atoms with Gasteiger partial charge in [-0.2, -0.15) is 0 Å². The van der Waals surface area contributed by atoms with Gasteiger partial charge >= 0.3 is 5.97 Å². The van der Waals surface area contributed by atoms with Crippen molar-refractivity contribution in [2.75, 3.05) is 0 Å². The normalized spacial score (nSPS) is 15.6. The third kappa shape index (κ3) is 10.7. The van der Waals surface area contributed by atoms with Crippen molar-refractivity contribution in [1.29, 1.82) is 0 Å². The summed E-state index contributed by atoms with van der Waals surface area (Å²) in [5, 5.41) is 25.2. The molecule has 0 spiro atoms. The second-order valence-electron chi connectivity index (χ2n) is 7.76. The van der Waals surface area contributed by atoms with Crippen LogP contribution in [0.5, 0.6) is 0 Å². The lowest BCUT2D eigenvalue weighted by atomic mass is 10.0. The topological polar surface area (TPSA) is 257 Å². The smallest absolute Gasteiger partial charge is 0.328 e. The van der Waals surface area contributed by atoms with E-state index in [4.69, 9.17) is 22.3 Å². The number of carboxylic acid groups (broad SMARTS) is 1. The highest BCUT2D eigenvalue weighted by Crippen LogP contribution is 2.07. The molecule has 0 heterocycles. The van der Waals surface area contributed by atoms with E-state index in [9.17, 15) is 33.9 Å². The molecule has 11 N–H and O–H groups in total. The number of aliphatic hydroxyl groups is 1. The van der Waals surface area contributed by atoms with Gasteiger partial charge in [0.15, 0.2) is 6.04 Å². The number of nitrogens with one attached hydrogen (secondary N) is 3. The van der Waals surface area contributed by atoms with Crippen LogP contribution in [0.15, 0.2) is 0 Å². The number of carboxylic acids is 1. The van der Waals surface area contributed by atoms with Crippen molar-refractivity contribution in [2.45, 2.75) is 70.3 Å². The number of nitrogens with two attached hydrogens (primary N) is 3. The number of rotatable bonds is 14. The Kier molecular flexibility index (Phi) is 11.9. The maximum atomic E-state index is 12.8. The summed E-state index contributed by atoms with van der Waals surface area (Å²) < 4.78 is 0. The van der Waals surface area contributed by atoms with Gasteiger partial charge in [-0.1, -0.05) is 13.8 Å². The molecule has 0 aromatic carbocycles. The Bertz CT molecular complexity index is 726. The molecular weight excluding hydrogens is 428 g/mol. The Hall–Kier alpha value is -3.26. The van der Waals surface area contributed by atoms with Gasteiger partial charge in [0.05, 0.1) is 25.0 Å². The van der Waals surface area contributed by atoms with Crippen LogP contribution in [0.4, 0.5) is 0 Å². The van der Waals surface area contributed by atoms with Crippen molar-refractivity contribution in [3.05, 3.63) is 0 Å². The first-order valence-corrected chi connectivity index (χ1v) is 9.79. The molecule has 14 nitrogen and oxygen atoms in total. The van der Waals surface area contributed by atoms with Crippen molar-refractivity contribution in [3.63, 3.8) is 0 Å². The average molecular weight is 460 g/mol. The summed E-state index contributed by atoms with van der Waals surface area (Å²) in [6, 6.07) is -5.78. The van der Waals surface area contributed by atoms with Gasteiger partial charge in [-0.3, -0.25) is 24.0 Å². The number of carbonyl (C=O) groups is 6. The van der Waals surface area contributed by atoms with Crippen LogP contribution in [-0.2, 0) is 28.8 Å². The molecule has 0 aliphatic heterocycles. The van der Waals surface area contributed by atoms with Gasteiger partial charge in [0.2, 0.25) is 29.5 Å². The molecule has 182 valence electrons. The molecule has 14 heteroatoms. The molecule has 5 atom stereocenters. The van der Waals surface area contributed by atoms with Crippen LogP contribution in [-0.4, -0.2) is 76.0 Å². The highest BCUT2D eigenvalue weighted by molar-refractivity contribution is 5.96. The first-order valence-electron chi connectivity index (χ1n) is 9.79. The summed E-state index contributed by atoms with van der Waals surface area (Å²) in [6.07, 6.45) is -2.49. The number of aliphatic carboxylic acids is 1. The Morgan fingerprint density at radius 3 is 1.66 bits per heavy atom. The Labute approximate surface area is 184 Å². The number of amides is 5. The third-order valence-electron chi connectivity index (χ3n) is 4.18. The van der Waals surface area contributed by atoms with E-state index in [1.54, 1.807) is 13.8 Å². The molecule has 0 aliphatic rings. The second-order valence-corrected chi connectivity index (χ2v) is 7.76. The van der Waals surface area contributed by atoms with Crippen molar-refractivity contribution in [2.24, 2.45) is 23.1 Å². The van der Waals surface area contributed by atoms with Gasteiger partial charge < -0.3 is 43.4 Å². The fourth-order valence-electron chi connectivity index (χ4n) is 2.62. The molecule has 5 unspecified atom stereocenters. The molecule has 0 fully saturated rings. The summed E-state index contributed by atoms with van der Waals surface area (Å²) in [5.41, 5.74) is 15.7. The summed E-state index contributed by atoms with van der Waals surface area (Å²) in [5.74, 6) is -6.21. The van der Waals surface area contributed by atoms with Crippen LogP contribution in [0, 0.1) is 5.92 Å². The van der Waals surface area contributed by atoms with E-state index in [0.29, 0.717) is 0 Å². The zero-order chi connectivity index (χ0) is 25.2. The van der Waals surface area contributed by atoms with E-state index in [1.807, 2.05) is 5.32 Å². The van der Waals surface area contributed by atoms with Crippen LogP contribution in [0.3, 0.4) is 0 Å². The lowest BCUT2D eigenvalue weighted by Gasteiger charge is -2.26. The molecule has 0 bridgehead atoms. The van der Waals surface area contributed by atoms with E-state index in [-0.39, 0.29) is 12.3 Å². The van der Waals surface area contributed by atoms with Crippen LogP contribution in [0.1, 0.15) is 40.0 Å². The van der Waals surface area contributed by atoms with Gasteiger partial charge in [-0.15, -0.1) is 0 Å². The zero-order valence-corrected chi connectivity index (χ0v) is 18.2. The highest BCUT2D eigenvalue weighted by atomic mass is 16.4. The van der Waals surface area contributed by atoms with Crippen LogP contribution in [0.2, 0.25) is 0 Å². The van der Waals surface area contributed by atoms with Crippen LogP contribution in [0.25, 0.3) is 0 Å². The molecule has 5 amide bonds. The number of hydrogen-bond acceptors (Lipinski definition) is 8. The van der Waals surface area contributed by atoms with Gasteiger partial charge in [-0.05, 0) is 19.3 Å². The predicted molar refractivity (Wildman–Crippen MR) is 110 cm³/mol. The fourth-order valence-corrected chi connectivity index (χ4v) is 2.62. The van der Waals surface area contributed by atoms with Crippen molar-refractivity contribution in [1.82, 2.24) is 16.0 Å². The Morgan fingerprint density at radius 1 is 0.781 bits per heavy atom. The SMILES string of the molecule is CC(C)CC(NC(=O)C(N)CC(N)=O)C(=O)NC(CC(N)=O)C(=O)NC(C(=O)O)C(C)O. The number of carbonyl (C=O) groups excluding carboxylic acids is 5. The Balaban J connectivity index is 5.53. The Morgan fingerprint density at radius 2 is 1.25 bits per heavy atom. The minimum absolute atomic E-state index is 0.103. The van der Waals surface area contributed by atoms with Gasteiger partial charge in [0, 0.05) is 0 Å². The molecule has 32 heavy (non-hydrogen) atoms. The predicted octanol–water partition coefficient (Wildman–Crippen LogP) is -3.97. The molecule has 0 rings (SSSR count). The number of aliphatic hydroxyl groups excluding tert-OH is 1. The van der Waals surface area contributed by atoms with Crippen molar-refractivity contribution in [3.8, 4) is 0 Å². The number of primary amides is 2. The fraction of sp³-hybridized carbons (Fsp3) is 0.667. The average Bonchev–Trinajstić information content (AvgIpc) is 2.62. The third-order valence-corrected chi connectivity index (χ3v) is 4.18. The number of hydrogen-bond donors (Lipinski definition) is 8. The molecule has 0 saturated heterocycles. The summed E-state index contributed by atoms with van der Waals surface area (Å²) in [6.45, 7) is 4.64. The zero-order valence-electron chi connectivity index (χ0n) is 18.2. The molecule has 0 saturated carbocycles. The lowest BCUT2D eigenvalue weighted by molar-refractivity contribution is -0.145. The summed E-state index contributed by atoms with van der Waals surface area (Å²) in [7, 11) is 0. The second kappa shape index (κ2) is 13.2. The quantitative estimate of drug-likeness (QED) is 0.125. The molecule has 0 aromatic rings. The first-order chi connectivity index (χ1) is 14.6. The summed E-state index contributed by atoms with van der Waals surface area (Å²) in [4.78, 5) is 70.9. The standard InChI is InChI=1S/C18H32N6O8/c1-7(2)4-10(22-15(28)9(19)5-12(20)26)16(29)23-11(6-13(21)27)17(30)24-14(8(3)25)18(31)32/h7-11,14,25H,4-6,19H2,1-3H3,(H2,20,26)(H2,21,27)(H,22,28)(H,23,29)(H,24,30)(H,31,32). The van der Waals surface area contributed by atoms with Crippen molar-refractivity contribution >= 4 is 35.5 Å². The largest absolute Gasteiger partial charge is 0.480 e. The van der Waals surface area contributed by atoms with Gasteiger partial charge in [0.25, 0.3) is 0 Å². The molecule has 0 radical (unpaired) electrons. The van der Waals surface area contributed by atoms with E-state index < -0.39 is 78.6 Å². The molecule has 0 aliphatic carbocycles. The van der Waals surface area contributed by atoms with E-state index in [1.165, 1.54) is 0 Å². The highest BCUT2D eigenvalue weighted by Gasteiger charge is 2.33. The minimum atomic E-state index is -1.70. The minimum Gasteiger partial charge on any atom is -0.480 e. The van der Waals surface area contributed by atoms with Crippen LogP contribution < -0.4 is 33.2 Å². The molecule has 0 aromatic heterocycles. The van der Waals surface area contributed by atoms with E-state index in [0.717, 1.165) is 6.92 Å². The molecular formula is C18H32N6O8. The van der Waals surface area contributed by atoms with Gasteiger partial charge in [-0.25, -0.2) is 4.79 Å². The van der Waals surface area contributed by atoms with Gasteiger partial charge in [0.1, 0.15) is 12.1 Å². The maximum Gasteiger partial charge on any atom is 0.328 e. The monoisotopic (exact) mass is 460 g/mol.